The van der Waals surface area contributed by atoms with Crippen molar-refractivity contribution < 1.29 is 13.6 Å². The fraction of sp³-hybridized carbons (Fsp3) is 0.417. The third kappa shape index (κ3) is 5.18. The molecule has 170 valence electrons. The molecule has 2 aliphatic rings. The summed E-state index contributed by atoms with van der Waals surface area (Å²) in [5.41, 5.74) is 2.55. The van der Waals surface area contributed by atoms with Crippen molar-refractivity contribution in [2.24, 2.45) is 4.99 Å². The summed E-state index contributed by atoms with van der Waals surface area (Å²) in [6.45, 7) is 4.59. The minimum atomic E-state index is -0.433. The molecule has 2 aromatic rings. The molecule has 2 aliphatic heterocycles. The number of halogens is 2. The molecule has 2 saturated heterocycles. The SMILES string of the molecule is CN=C(NCc1cccc(CN2CCCC2=O)c1)N1CCN(c2cc(F)ccc2F)CC1. The summed E-state index contributed by atoms with van der Waals surface area (Å²) in [6, 6.07) is 11.8. The lowest BCUT2D eigenvalue weighted by Gasteiger charge is -2.37. The van der Waals surface area contributed by atoms with Crippen LogP contribution in [-0.2, 0) is 17.9 Å². The van der Waals surface area contributed by atoms with Gasteiger partial charge >= 0.3 is 0 Å². The van der Waals surface area contributed by atoms with Crippen LogP contribution in [0.15, 0.2) is 47.5 Å². The average Bonchev–Trinajstić information content (AvgIpc) is 3.21. The maximum absolute atomic E-state index is 14.1. The van der Waals surface area contributed by atoms with Crippen LogP contribution in [0.2, 0.25) is 0 Å². The Morgan fingerprint density at radius 3 is 2.53 bits per heavy atom. The molecule has 0 aliphatic carbocycles. The first-order valence-electron chi connectivity index (χ1n) is 11.0. The van der Waals surface area contributed by atoms with Gasteiger partial charge in [-0.25, -0.2) is 8.78 Å². The number of aliphatic imine (C=N–C) groups is 1. The van der Waals surface area contributed by atoms with Crippen molar-refractivity contribution in [2.75, 3.05) is 44.7 Å². The van der Waals surface area contributed by atoms with E-state index in [2.05, 4.69) is 33.4 Å². The Bertz CT molecular complexity index is 988. The summed E-state index contributed by atoms with van der Waals surface area (Å²) >= 11 is 0. The number of hydrogen-bond acceptors (Lipinski definition) is 3. The zero-order valence-corrected chi connectivity index (χ0v) is 18.4. The summed E-state index contributed by atoms with van der Waals surface area (Å²) in [5.74, 6) is 0.172. The summed E-state index contributed by atoms with van der Waals surface area (Å²) in [7, 11) is 1.75. The highest BCUT2D eigenvalue weighted by molar-refractivity contribution is 5.80. The van der Waals surface area contributed by atoms with Gasteiger partial charge in [0.25, 0.3) is 0 Å². The lowest BCUT2D eigenvalue weighted by atomic mass is 10.1. The monoisotopic (exact) mass is 441 g/mol. The van der Waals surface area contributed by atoms with Gasteiger partial charge in [-0.05, 0) is 29.7 Å². The number of nitrogens with zero attached hydrogens (tertiary/aromatic N) is 4. The first-order chi connectivity index (χ1) is 15.5. The molecule has 6 nitrogen and oxygen atoms in total. The second-order valence-electron chi connectivity index (χ2n) is 8.21. The van der Waals surface area contributed by atoms with Gasteiger partial charge in [0.15, 0.2) is 5.96 Å². The molecule has 0 radical (unpaired) electrons. The van der Waals surface area contributed by atoms with Crippen LogP contribution in [-0.4, -0.2) is 61.4 Å². The van der Waals surface area contributed by atoms with Crippen molar-refractivity contribution in [3.63, 3.8) is 0 Å². The van der Waals surface area contributed by atoms with Crippen molar-refractivity contribution in [2.45, 2.75) is 25.9 Å². The number of carbonyl (C=O) groups excluding carboxylic acids is 1. The molecule has 0 aromatic heterocycles. The Kier molecular flexibility index (Phi) is 6.87. The Labute approximate surface area is 187 Å². The maximum atomic E-state index is 14.1. The number of carbonyl (C=O) groups is 1. The second kappa shape index (κ2) is 9.97. The fourth-order valence-corrected chi connectivity index (χ4v) is 4.33. The van der Waals surface area contributed by atoms with E-state index in [1.54, 1.807) is 7.05 Å². The molecule has 0 saturated carbocycles. The Hall–Kier alpha value is -3.16. The van der Waals surface area contributed by atoms with Gasteiger partial charge in [-0.15, -0.1) is 0 Å². The third-order valence-electron chi connectivity index (χ3n) is 6.03. The smallest absolute Gasteiger partial charge is 0.222 e. The molecule has 4 rings (SSSR count). The van der Waals surface area contributed by atoms with E-state index in [1.807, 2.05) is 15.9 Å². The van der Waals surface area contributed by atoms with E-state index in [0.29, 0.717) is 51.4 Å². The summed E-state index contributed by atoms with van der Waals surface area (Å²) in [6.07, 6.45) is 1.59. The zero-order chi connectivity index (χ0) is 22.5. The van der Waals surface area contributed by atoms with Crippen LogP contribution in [0.3, 0.4) is 0 Å². The number of anilines is 1. The van der Waals surface area contributed by atoms with Crippen LogP contribution in [0.25, 0.3) is 0 Å². The Morgan fingerprint density at radius 1 is 1.03 bits per heavy atom. The normalized spacial score (nSPS) is 17.3. The Morgan fingerprint density at radius 2 is 1.81 bits per heavy atom. The number of nitrogens with one attached hydrogen (secondary N) is 1. The lowest BCUT2D eigenvalue weighted by Crippen LogP contribution is -2.52. The molecule has 1 amide bonds. The van der Waals surface area contributed by atoms with E-state index in [9.17, 15) is 13.6 Å². The first-order valence-corrected chi connectivity index (χ1v) is 11.0. The topological polar surface area (TPSA) is 51.2 Å². The van der Waals surface area contributed by atoms with Gasteiger partial charge in [0.2, 0.25) is 5.91 Å². The van der Waals surface area contributed by atoms with Crippen LogP contribution in [0.5, 0.6) is 0 Å². The molecular formula is C24H29F2N5O. The highest BCUT2D eigenvalue weighted by Crippen LogP contribution is 2.22. The van der Waals surface area contributed by atoms with Crippen molar-refractivity contribution in [3.05, 3.63) is 65.2 Å². The van der Waals surface area contributed by atoms with Gasteiger partial charge < -0.3 is 20.0 Å². The van der Waals surface area contributed by atoms with Crippen molar-refractivity contribution >= 4 is 17.6 Å². The number of amides is 1. The van der Waals surface area contributed by atoms with Crippen LogP contribution in [0.1, 0.15) is 24.0 Å². The quantitative estimate of drug-likeness (QED) is 0.573. The molecule has 1 N–H and O–H groups in total. The van der Waals surface area contributed by atoms with Crippen LogP contribution < -0.4 is 10.2 Å². The average molecular weight is 442 g/mol. The van der Waals surface area contributed by atoms with E-state index in [0.717, 1.165) is 36.1 Å². The highest BCUT2D eigenvalue weighted by atomic mass is 19.1. The molecule has 2 heterocycles. The highest BCUT2D eigenvalue weighted by Gasteiger charge is 2.22. The minimum Gasteiger partial charge on any atom is -0.366 e. The summed E-state index contributed by atoms with van der Waals surface area (Å²) in [4.78, 5) is 22.2. The van der Waals surface area contributed by atoms with Gasteiger partial charge in [0.05, 0.1) is 5.69 Å². The van der Waals surface area contributed by atoms with Crippen molar-refractivity contribution in [1.29, 1.82) is 0 Å². The second-order valence-corrected chi connectivity index (χ2v) is 8.21. The fourth-order valence-electron chi connectivity index (χ4n) is 4.33. The molecule has 2 aromatic carbocycles. The summed E-state index contributed by atoms with van der Waals surface area (Å²) < 4.78 is 27.6. The number of hydrogen-bond donors (Lipinski definition) is 1. The van der Waals surface area contributed by atoms with E-state index >= 15 is 0 Å². The number of benzene rings is 2. The predicted octanol–water partition coefficient (Wildman–Crippen LogP) is 2.98. The first kappa shape index (κ1) is 22.0. The van der Waals surface area contributed by atoms with E-state index in [4.69, 9.17) is 0 Å². The zero-order valence-electron chi connectivity index (χ0n) is 18.4. The Balaban J connectivity index is 1.31. The number of likely N-dealkylation sites (tertiary alicyclic amines) is 1. The van der Waals surface area contributed by atoms with Crippen molar-refractivity contribution in [1.82, 2.24) is 15.1 Å². The molecule has 8 heteroatoms. The maximum Gasteiger partial charge on any atom is 0.222 e. The molecule has 0 bridgehead atoms. The third-order valence-corrected chi connectivity index (χ3v) is 6.03. The number of guanidine groups is 1. The minimum absolute atomic E-state index is 0.228. The van der Waals surface area contributed by atoms with Gasteiger partial charge in [0, 0.05) is 65.3 Å². The predicted molar refractivity (Wildman–Crippen MR) is 121 cm³/mol. The van der Waals surface area contributed by atoms with E-state index in [-0.39, 0.29) is 5.91 Å². The number of piperazine rings is 1. The van der Waals surface area contributed by atoms with Crippen LogP contribution in [0, 0.1) is 11.6 Å². The lowest BCUT2D eigenvalue weighted by molar-refractivity contribution is -0.128. The van der Waals surface area contributed by atoms with Gasteiger partial charge in [-0.2, -0.15) is 0 Å². The molecule has 2 fully saturated rings. The molecule has 0 spiro atoms. The molecule has 0 unspecified atom stereocenters. The van der Waals surface area contributed by atoms with Gasteiger partial charge in [-0.3, -0.25) is 9.79 Å². The van der Waals surface area contributed by atoms with Crippen molar-refractivity contribution in [3.8, 4) is 0 Å². The van der Waals surface area contributed by atoms with Crippen LogP contribution in [0.4, 0.5) is 14.5 Å². The molecule has 32 heavy (non-hydrogen) atoms. The van der Waals surface area contributed by atoms with E-state index in [1.165, 1.54) is 12.1 Å². The standard InChI is InChI=1S/C24H29F2N5O/c1-27-24(30-12-10-29(11-13-30)22-15-20(25)7-8-21(22)26)28-16-18-4-2-5-19(14-18)17-31-9-3-6-23(31)32/h2,4-5,7-8,14-15H,3,6,9-13,16-17H2,1H3,(H,27,28). The largest absolute Gasteiger partial charge is 0.366 e. The van der Waals surface area contributed by atoms with E-state index < -0.39 is 11.6 Å². The van der Waals surface area contributed by atoms with Crippen LogP contribution >= 0.6 is 0 Å². The number of rotatable bonds is 5. The summed E-state index contributed by atoms with van der Waals surface area (Å²) in [5, 5.41) is 3.40. The van der Waals surface area contributed by atoms with Gasteiger partial charge in [0.1, 0.15) is 11.6 Å². The molecular weight excluding hydrogens is 412 g/mol. The molecule has 0 atom stereocenters. The van der Waals surface area contributed by atoms with Gasteiger partial charge in [-0.1, -0.05) is 24.3 Å².